The molecule has 3 heteroatoms. The van der Waals surface area contributed by atoms with Crippen LogP contribution in [0.25, 0.3) is 0 Å². The van der Waals surface area contributed by atoms with Crippen molar-refractivity contribution in [3.63, 3.8) is 0 Å². The van der Waals surface area contributed by atoms with Gasteiger partial charge in [-0.15, -0.1) is 0 Å². The number of rotatable bonds is 8. The molecule has 1 heterocycles. The molecule has 16 heavy (non-hydrogen) atoms. The van der Waals surface area contributed by atoms with Crippen LogP contribution in [-0.2, 0) is 11.3 Å². The first kappa shape index (κ1) is 13.1. The topological polar surface area (TPSA) is 34.1 Å². The number of hydrogen-bond acceptors (Lipinski definition) is 3. The molecule has 0 aliphatic heterocycles. The van der Waals surface area contributed by atoms with E-state index in [9.17, 15) is 0 Å². The van der Waals surface area contributed by atoms with Gasteiger partial charge in [-0.3, -0.25) is 4.98 Å². The average Bonchev–Trinajstić information content (AvgIpc) is 2.30. The van der Waals surface area contributed by atoms with Gasteiger partial charge in [-0.25, -0.2) is 0 Å². The molecule has 0 aromatic carbocycles. The molecule has 0 atom stereocenters. The summed E-state index contributed by atoms with van der Waals surface area (Å²) in [5.74, 6) is 0. The van der Waals surface area contributed by atoms with Crippen molar-refractivity contribution in [2.24, 2.45) is 0 Å². The van der Waals surface area contributed by atoms with Gasteiger partial charge in [0.15, 0.2) is 0 Å². The van der Waals surface area contributed by atoms with Gasteiger partial charge >= 0.3 is 0 Å². The predicted molar refractivity (Wildman–Crippen MR) is 66.4 cm³/mol. The van der Waals surface area contributed by atoms with Gasteiger partial charge in [-0.1, -0.05) is 6.92 Å². The van der Waals surface area contributed by atoms with Crippen LogP contribution in [0.1, 0.15) is 30.9 Å². The molecule has 0 saturated heterocycles. The van der Waals surface area contributed by atoms with Gasteiger partial charge in [0.1, 0.15) is 0 Å². The molecular weight excluding hydrogens is 200 g/mol. The van der Waals surface area contributed by atoms with E-state index in [0.29, 0.717) is 0 Å². The highest BCUT2D eigenvalue weighted by Crippen LogP contribution is 2.03. The lowest BCUT2D eigenvalue weighted by molar-refractivity contribution is 0.132. The quantitative estimate of drug-likeness (QED) is 0.685. The number of aromatic nitrogens is 1. The zero-order valence-corrected chi connectivity index (χ0v) is 10.3. The zero-order valence-electron chi connectivity index (χ0n) is 10.3. The number of aryl methyl sites for hydroxylation is 1. The SMILES string of the molecule is CCCOCCCNCc1cnccc1C. The lowest BCUT2D eigenvalue weighted by Gasteiger charge is -2.07. The summed E-state index contributed by atoms with van der Waals surface area (Å²) in [5, 5.41) is 3.40. The van der Waals surface area contributed by atoms with Crippen LogP contribution in [0, 0.1) is 6.92 Å². The lowest BCUT2D eigenvalue weighted by atomic mass is 10.1. The molecule has 0 unspecified atom stereocenters. The fourth-order valence-corrected chi connectivity index (χ4v) is 1.45. The zero-order chi connectivity index (χ0) is 11.6. The van der Waals surface area contributed by atoms with Gasteiger partial charge in [-0.2, -0.15) is 0 Å². The fourth-order valence-electron chi connectivity index (χ4n) is 1.45. The summed E-state index contributed by atoms with van der Waals surface area (Å²) in [6.07, 6.45) is 5.93. The van der Waals surface area contributed by atoms with Crippen molar-refractivity contribution in [2.45, 2.75) is 33.2 Å². The van der Waals surface area contributed by atoms with Crippen molar-refractivity contribution < 1.29 is 4.74 Å². The van der Waals surface area contributed by atoms with Crippen LogP contribution < -0.4 is 5.32 Å². The first-order chi connectivity index (χ1) is 7.84. The molecule has 0 fully saturated rings. The highest BCUT2D eigenvalue weighted by Gasteiger charge is 1.96. The van der Waals surface area contributed by atoms with Gasteiger partial charge in [0.25, 0.3) is 0 Å². The van der Waals surface area contributed by atoms with E-state index in [1.807, 2.05) is 18.5 Å². The summed E-state index contributed by atoms with van der Waals surface area (Å²) in [5.41, 5.74) is 2.57. The fraction of sp³-hybridized carbons (Fsp3) is 0.615. The molecule has 0 spiro atoms. The number of ether oxygens (including phenoxy) is 1. The Labute approximate surface area is 98.2 Å². The number of hydrogen-bond donors (Lipinski definition) is 1. The maximum absolute atomic E-state index is 5.41. The Morgan fingerprint density at radius 1 is 1.38 bits per heavy atom. The Bertz CT molecular complexity index is 289. The Balaban J connectivity index is 2.05. The van der Waals surface area contributed by atoms with Gasteiger partial charge in [0.05, 0.1) is 0 Å². The molecule has 1 N–H and O–H groups in total. The molecule has 0 bridgehead atoms. The largest absolute Gasteiger partial charge is 0.381 e. The minimum absolute atomic E-state index is 0.854. The second-order valence-electron chi connectivity index (χ2n) is 3.94. The third-order valence-corrected chi connectivity index (χ3v) is 2.45. The van der Waals surface area contributed by atoms with Crippen molar-refractivity contribution in [3.8, 4) is 0 Å². The van der Waals surface area contributed by atoms with Crippen LogP contribution in [-0.4, -0.2) is 24.7 Å². The molecular formula is C13H22N2O. The van der Waals surface area contributed by atoms with E-state index in [1.165, 1.54) is 11.1 Å². The van der Waals surface area contributed by atoms with E-state index in [0.717, 1.165) is 39.1 Å². The van der Waals surface area contributed by atoms with Crippen molar-refractivity contribution in [2.75, 3.05) is 19.8 Å². The van der Waals surface area contributed by atoms with Crippen LogP contribution in [0.5, 0.6) is 0 Å². The summed E-state index contributed by atoms with van der Waals surface area (Å²) in [6.45, 7) is 7.87. The maximum atomic E-state index is 5.41. The average molecular weight is 222 g/mol. The highest BCUT2D eigenvalue weighted by atomic mass is 16.5. The van der Waals surface area contributed by atoms with Crippen LogP contribution >= 0.6 is 0 Å². The normalized spacial score (nSPS) is 10.6. The molecule has 0 amide bonds. The summed E-state index contributed by atoms with van der Waals surface area (Å²) < 4.78 is 5.41. The third kappa shape index (κ3) is 5.24. The maximum Gasteiger partial charge on any atom is 0.0478 e. The third-order valence-electron chi connectivity index (χ3n) is 2.45. The summed E-state index contributed by atoms with van der Waals surface area (Å²) in [4.78, 5) is 4.12. The lowest BCUT2D eigenvalue weighted by Crippen LogP contribution is -2.17. The van der Waals surface area contributed by atoms with Crippen molar-refractivity contribution in [3.05, 3.63) is 29.6 Å². The second kappa shape index (κ2) is 8.25. The van der Waals surface area contributed by atoms with E-state index in [-0.39, 0.29) is 0 Å². The molecule has 90 valence electrons. The molecule has 0 aliphatic rings. The number of nitrogens with zero attached hydrogens (tertiary/aromatic N) is 1. The van der Waals surface area contributed by atoms with Crippen LogP contribution in [0.3, 0.4) is 0 Å². The van der Waals surface area contributed by atoms with Gasteiger partial charge in [0.2, 0.25) is 0 Å². The predicted octanol–water partition coefficient (Wildman–Crippen LogP) is 2.30. The highest BCUT2D eigenvalue weighted by molar-refractivity contribution is 5.20. The second-order valence-corrected chi connectivity index (χ2v) is 3.94. The van der Waals surface area contributed by atoms with Crippen molar-refractivity contribution >= 4 is 0 Å². The van der Waals surface area contributed by atoms with Crippen LogP contribution in [0.2, 0.25) is 0 Å². The first-order valence-electron chi connectivity index (χ1n) is 6.02. The van der Waals surface area contributed by atoms with E-state index >= 15 is 0 Å². The molecule has 1 rings (SSSR count). The molecule has 3 nitrogen and oxygen atoms in total. The van der Waals surface area contributed by atoms with E-state index in [4.69, 9.17) is 4.74 Å². The molecule has 0 aliphatic carbocycles. The van der Waals surface area contributed by atoms with Crippen LogP contribution in [0.4, 0.5) is 0 Å². The Morgan fingerprint density at radius 2 is 2.25 bits per heavy atom. The Kier molecular flexibility index (Phi) is 6.77. The van der Waals surface area contributed by atoms with E-state index < -0.39 is 0 Å². The summed E-state index contributed by atoms with van der Waals surface area (Å²) in [7, 11) is 0. The Morgan fingerprint density at radius 3 is 3.00 bits per heavy atom. The summed E-state index contributed by atoms with van der Waals surface area (Å²) in [6, 6.07) is 2.04. The van der Waals surface area contributed by atoms with Crippen molar-refractivity contribution in [1.29, 1.82) is 0 Å². The van der Waals surface area contributed by atoms with Gasteiger partial charge in [0, 0.05) is 32.2 Å². The molecule has 0 radical (unpaired) electrons. The molecule has 1 aromatic heterocycles. The minimum atomic E-state index is 0.854. The standard InChI is InChI=1S/C13H22N2O/c1-3-8-16-9-4-6-14-10-13-11-15-7-5-12(13)2/h5,7,11,14H,3-4,6,8-10H2,1-2H3. The smallest absolute Gasteiger partial charge is 0.0478 e. The number of nitrogens with one attached hydrogen (secondary N) is 1. The van der Waals surface area contributed by atoms with E-state index in [2.05, 4.69) is 24.1 Å². The van der Waals surface area contributed by atoms with Gasteiger partial charge in [-0.05, 0) is 43.5 Å². The van der Waals surface area contributed by atoms with Gasteiger partial charge < -0.3 is 10.1 Å². The molecule has 0 saturated carbocycles. The monoisotopic (exact) mass is 222 g/mol. The number of pyridine rings is 1. The summed E-state index contributed by atoms with van der Waals surface area (Å²) >= 11 is 0. The molecule has 1 aromatic rings. The first-order valence-corrected chi connectivity index (χ1v) is 6.02. The van der Waals surface area contributed by atoms with E-state index in [1.54, 1.807) is 0 Å². The minimum Gasteiger partial charge on any atom is -0.381 e. The Hall–Kier alpha value is -0.930. The van der Waals surface area contributed by atoms with Crippen LogP contribution in [0.15, 0.2) is 18.5 Å². The van der Waals surface area contributed by atoms with Crippen molar-refractivity contribution in [1.82, 2.24) is 10.3 Å².